The van der Waals surface area contributed by atoms with Crippen LogP contribution in [-0.4, -0.2) is 23.4 Å². The zero-order valence-corrected chi connectivity index (χ0v) is 16.9. The number of hydrogen-bond donors (Lipinski definition) is 2. The molecule has 1 aromatic rings. The standard InChI is InChI=1S/C22H29ClN2O2/c1-13(2)19(24-20(26)17-3-5-18(23)6-4-17)21(27)25-22-10-14-7-15(11-22)9-16(8-14)12-22/h3-6,13-16,19H,7-12H2,1-2H3,(H,24,26)(H,25,27)/t14?,15?,16?,19-,22?/m0/s1. The van der Waals surface area contributed by atoms with Gasteiger partial charge in [-0.05, 0) is 86.5 Å². The van der Waals surface area contributed by atoms with Crippen molar-refractivity contribution in [2.24, 2.45) is 23.7 Å². The van der Waals surface area contributed by atoms with Crippen molar-refractivity contribution < 1.29 is 9.59 Å². The molecule has 1 atom stereocenters. The average molecular weight is 389 g/mol. The third-order valence-electron chi connectivity index (χ3n) is 6.77. The molecule has 0 spiro atoms. The molecule has 5 heteroatoms. The summed E-state index contributed by atoms with van der Waals surface area (Å²) in [6, 6.07) is 6.23. The summed E-state index contributed by atoms with van der Waals surface area (Å²) < 4.78 is 0. The van der Waals surface area contributed by atoms with Crippen LogP contribution in [0.25, 0.3) is 0 Å². The van der Waals surface area contributed by atoms with E-state index in [1.54, 1.807) is 24.3 Å². The van der Waals surface area contributed by atoms with Crippen LogP contribution in [-0.2, 0) is 4.79 Å². The molecule has 4 aliphatic rings. The summed E-state index contributed by atoms with van der Waals surface area (Å²) in [6.45, 7) is 3.96. The van der Waals surface area contributed by atoms with Crippen LogP contribution in [0.1, 0.15) is 62.7 Å². The molecule has 27 heavy (non-hydrogen) atoms. The third-order valence-corrected chi connectivity index (χ3v) is 7.02. The van der Waals surface area contributed by atoms with Crippen molar-refractivity contribution in [3.05, 3.63) is 34.9 Å². The highest BCUT2D eigenvalue weighted by atomic mass is 35.5. The highest BCUT2D eigenvalue weighted by molar-refractivity contribution is 6.30. The second-order valence-corrected chi connectivity index (χ2v) is 9.83. The topological polar surface area (TPSA) is 58.2 Å². The smallest absolute Gasteiger partial charge is 0.251 e. The molecule has 0 aliphatic heterocycles. The molecule has 0 heterocycles. The molecule has 2 amide bonds. The summed E-state index contributed by atoms with van der Waals surface area (Å²) in [4.78, 5) is 25.7. The van der Waals surface area contributed by atoms with Gasteiger partial charge in [-0.2, -0.15) is 0 Å². The van der Waals surface area contributed by atoms with E-state index >= 15 is 0 Å². The highest BCUT2D eigenvalue weighted by Gasteiger charge is 2.52. The fourth-order valence-electron chi connectivity index (χ4n) is 5.96. The second kappa shape index (κ2) is 7.12. The fraction of sp³-hybridized carbons (Fsp3) is 0.636. The number of carbonyl (C=O) groups excluding carboxylic acids is 2. The van der Waals surface area contributed by atoms with Crippen molar-refractivity contribution >= 4 is 23.4 Å². The van der Waals surface area contributed by atoms with Gasteiger partial charge in [-0.15, -0.1) is 0 Å². The molecule has 2 N–H and O–H groups in total. The lowest BCUT2D eigenvalue weighted by Crippen LogP contribution is -2.63. The number of nitrogens with one attached hydrogen (secondary N) is 2. The van der Waals surface area contributed by atoms with E-state index in [0.29, 0.717) is 10.6 Å². The first-order valence-electron chi connectivity index (χ1n) is 10.2. The molecule has 4 nitrogen and oxygen atoms in total. The molecule has 1 aromatic carbocycles. The third kappa shape index (κ3) is 3.87. The van der Waals surface area contributed by atoms with Gasteiger partial charge in [0.2, 0.25) is 5.91 Å². The zero-order chi connectivity index (χ0) is 19.2. The first kappa shape index (κ1) is 18.8. The van der Waals surface area contributed by atoms with E-state index in [0.717, 1.165) is 37.0 Å². The van der Waals surface area contributed by atoms with Crippen LogP contribution in [0.15, 0.2) is 24.3 Å². The molecule has 4 saturated carbocycles. The maximum atomic E-state index is 13.1. The van der Waals surface area contributed by atoms with Crippen LogP contribution in [0.2, 0.25) is 5.02 Å². The van der Waals surface area contributed by atoms with Gasteiger partial charge >= 0.3 is 0 Å². The Labute approximate surface area is 166 Å². The number of hydrogen-bond acceptors (Lipinski definition) is 2. The molecule has 4 bridgehead atoms. The lowest BCUT2D eigenvalue weighted by molar-refractivity contribution is -0.129. The second-order valence-electron chi connectivity index (χ2n) is 9.39. The lowest BCUT2D eigenvalue weighted by atomic mass is 9.53. The van der Waals surface area contributed by atoms with E-state index < -0.39 is 6.04 Å². The summed E-state index contributed by atoms with van der Waals surface area (Å²) in [5, 5.41) is 6.93. The molecule has 5 rings (SSSR count). The van der Waals surface area contributed by atoms with E-state index in [1.165, 1.54) is 19.3 Å². The zero-order valence-electron chi connectivity index (χ0n) is 16.1. The van der Waals surface area contributed by atoms with Crippen LogP contribution in [0, 0.1) is 23.7 Å². The van der Waals surface area contributed by atoms with Gasteiger partial charge in [-0.25, -0.2) is 0 Å². The molecular weight excluding hydrogens is 360 g/mol. The van der Waals surface area contributed by atoms with Gasteiger partial charge in [0, 0.05) is 16.1 Å². The minimum absolute atomic E-state index is 0.0233. The Morgan fingerprint density at radius 2 is 1.52 bits per heavy atom. The van der Waals surface area contributed by atoms with Crippen molar-refractivity contribution in [1.29, 1.82) is 0 Å². The summed E-state index contributed by atoms with van der Waals surface area (Å²) in [7, 11) is 0. The predicted molar refractivity (Wildman–Crippen MR) is 107 cm³/mol. The van der Waals surface area contributed by atoms with E-state index in [-0.39, 0.29) is 23.3 Å². The van der Waals surface area contributed by atoms with Gasteiger partial charge in [-0.1, -0.05) is 25.4 Å². The molecule has 0 unspecified atom stereocenters. The fourth-order valence-corrected chi connectivity index (χ4v) is 6.09. The van der Waals surface area contributed by atoms with Crippen LogP contribution < -0.4 is 10.6 Å². The van der Waals surface area contributed by atoms with Crippen molar-refractivity contribution in [3.8, 4) is 0 Å². The molecule has 0 radical (unpaired) electrons. The molecule has 4 fully saturated rings. The number of rotatable bonds is 5. The number of benzene rings is 1. The Balaban J connectivity index is 1.45. The minimum atomic E-state index is -0.527. The Hall–Kier alpha value is -1.55. The van der Waals surface area contributed by atoms with Gasteiger partial charge in [0.15, 0.2) is 0 Å². The summed E-state index contributed by atoms with van der Waals surface area (Å²) in [5.74, 6) is 2.09. The maximum absolute atomic E-state index is 13.1. The van der Waals surface area contributed by atoms with Gasteiger partial charge in [0.1, 0.15) is 6.04 Å². The van der Waals surface area contributed by atoms with Crippen molar-refractivity contribution in [2.45, 2.75) is 64.0 Å². The van der Waals surface area contributed by atoms with E-state index in [2.05, 4.69) is 10.6 Å². The predicted octanol–water partition coefficient (Wildman–Crippen LogP) is 4.18. The molecular formula is C22H29ClN2O2. The number of amides is 2. The lowest BCUT2D eigenvalue weighted by Gasteiger charge is -2.57. The SMILES string of the molecule is CC(C)[C@H](NC(=O)c1ccc(Cl)cc1)C(=O)NC12CC3CC(CC(C3)C1)C2. The van der Waals surface area contributed by atoms with Crippen LogP contribution in [0.3, 0.4) is 0 Å². The van der Waals surface area contributed by atoms with Crippen molar-refractivity contribution in [2.75, 3.05) is 0 Å². The Bertz CT molecular complexity index is 693. The largest absolute Gasteiger partial charge is 0.349 e. The molecule has 146 valence electrons. The van der Waals surface area contributed by atoms with Gasteiger partial charge < -0.3 is 10.6 Å². The van der Waals surface area contributed by atoms with Gasteiger partial charge in [0.05, 0.1) is 0 Å². The van der Waals surface area contributed by atoms with E-state index in [1.807, 2.05) is 13.8 Å². The summed E-state index contributed by atoms with van der Waals surface area (Å²) in [6.07, 6.45) is 7.37. The maximum Gasteiger partial charge on any atom is 0.251 e. The van der Waals surface area contributed by atoms with Crippen LogP contribution in [0.5, 0.6) is 0 Å². The van der Waals surface area contributed by atoms with Crippen LogP contribution >= 0.6 is 11.6 Å². The van der Waals surface area contributed by atoms with E-state index in [9.17, 15) is 9.59 Å². The summed E-state index contributed by atoms with van der Waals surface area (Å²) in [5.41, 5.74) is 0.483. The number of halogens is 1. The Morgan fingerprint density at radius 3 is 2.00 bits per heavy atom. The first-order chi connectivity index (χ1) is 12.8. The average Bonchev–Trinajstić information content (AvgIpc) is 2.58. The molecule has 0 saturated heterocycles. The first-order valence-corrected chi connectivity index (χ1v) is 10.6. The van der Waals surface area contributed by atoms with E-state index in [4.69, 9.17) is 11.6 Å². The normalized spacial score (nSPS) is 32.4. The Morgan fingerprint density at radius 1 is 1.00 bits per heavy atom. The number of carbonyl (C=O) groups is 2. The van der Waals surface area contributed by atoms with Crippen LogP contribution in [0.4, 0.5) is 0 Å². The highest BCUT2D eigenvalue weighted by Crippen LogP contribution is 2.55. The quantitative estimate of drug-likeness (QED) is 0.794. The summed E-state index contributed by atoms with van der Waals surface area (Å²) >= 11 is 5.90. The Kier molecular flexibility index (Phi) is 4.96. The molecule has 4 aliphatic carbocycles. The van der Waals surface area contributed by atoms with Gasteiger partial charge in [-0.3, -0.25) is 9.59 Å². The monoisotopic (exact) mass is 388 g/mol. The minimum Gasteiger partial charge on any atom is -0.349 e. The van der Waals surface area contributed by atoms with Gasteiger partial charge in [0.25, 0.3) is 5.91 Å². The van der Waals surface area contributed by atoms with Crippen molar-refractivity contribution in [1.82, 2.24) is 10.6 Å². The molecule has 0 aromatic heterocycles. The van der Waals surface area contributed by atoms with Crippen molar-refractivity contribution in [3.63, 3.8) is 0 Å².